The van der Waals surface area contributed by atoms with E-state index in [9.17, 15) is 4.79 Å². The van der Waals surface area contributed by atoms with Gasteiger partial charge in [0, 0.05) is 25.0 Å². The molecule has 1 aliphatic heterocycles. The number of carbonyl (C=O) groups excluding carboxylic acids is 1. The number of nitrogens with zero attached hydrogens (tertiary/aromatic N) is 1. The monoisotopic (exact) mass is 272 g/mol. The van der Waals surface area contributed by atoms with E-state index >= 15 is 0 Å². The third-order valence-corrected chi connectivity index (χ3v) is 4.79. The van der Waals surface area contributed by atoms with Crippen LogP contribution in [0.5, 0.6) is 0 Å². The smallest absolute Gasteiger partial charge is 0.225 e. The molecule has 3 rings (SSSR count). The second-order valence-corrected chi connectivity index (χ2v) is 6.24. The number of nitrogens with two attached hydrogens (primary N) is 1. The first kappa shape index (κ1) is 13.6. The fraction of sp³-hybridized carbons (Fsp3) is 0.588. The average Bonchev–Trinajstić information content (AvgIpc) is 2.69. The Morgan fingerprint density at radius 3 is 2.55 bits per heavy atom. The van der Waals surface area contributed by atoms with Gasteiger partial charge in [0.05, 0.1) is 0 Å². The third kappa shape index (κ3) is 2.88. The maximum atomic E-state index is 12.7. The third-order valence-electron chi connectivity index (χ3n) is 4.79. The number of hydrogen-bond donors (Lipinski definition) is 1. The molecule has 1 saturated carbocycles. The van der Waals surface area contributed by atoms with Crippen molar-refractivity contribution < 1.29 is 4.79 Å². The molecule has 1 aromatic rings. The fourth-order valence-corrected chi connectivity index (χ4v) is 3.51. The van der Waals surface area contributed by atoms with Crippen LogP contribution in [0, 0.1) is 5.92 Å². The molecule has 1 amide bonds. The van der Waals surface area contributed by atoms with Gasteiger partial charge in [0.2, 0.25) is 5.91 Å². The number of benzene rings is 1. The molecule has 20 heavy (non-hydrogen) atoms. The van der Waals surface area contributed by atoms with E-state index in [2.05, 4.69) is 29.2 Å². The van der Waals surface area contributed by atoms with E-state index in [1.807, 2.05) is 0 Å². The van der Waals surface area contributed by atoms with Gasteiger partial charge >= 0.3 is 0 Å². The SMILES string of the molecule is NC1CCC(C(=O)N2CCCc3ccccc3C2)CC1. The molecule has 0 bridgehead atoms. The van der Waals surface area contributed by atoms with Crippen molar-refractivity contribution in [3.05, 3.63) is 35.4 Å². The highest BCUT2D eigenvalue weighted by molar-refractivity contribution is 5.79. The zero-order valence-electron chi connectivity index (χ0n) is 12.1. The Morgan fingerprint density at radius 2 is 1.80 bits per heavy atom. The highest BCUT2D eigenvalue weighted by Gasteiger charge is 2.29. The molecule has 0 atom stereocenters. The lowest BCUT2D eigenvalue weighted by molar-refractivity contribution is -0.137. The summed E-state index contributed by atoms with van der Waals surface area (Å²) in [7, 11) is 0. The van der Waals surface area contributed by atoms with Crippen LogP contribution in [0.15, 0.2) is 24.3 Å². The van der Waals surface area contributed by atoms with Gasteiger partial charge < -0.3 is 10.6 Å². The van der Waals surface area contributed by atoms with Crippen LogP contribution in [0.3, 0.4) is 0 Å². The van der Waals surface area contributed by atoms with Gasteiger partial charge in [0.1, 0.15) is 0 Å². The molecule has 0 saturated heterocycles. The molecule has 0 radical (unpaired) electrons. The molecule has 3 nitrogen and oxygen atoms in total. The van der Waals surface area contributed by atoms with Gasteiger partial charge in [-0.05, 0) is 49.7 Å². The molecule has 0 aromatic heterocycles. The van der Waals surface area contributed by atoms with Crippen LogP contribution in [0.1, 0.15) is 43.2 Å². The van der Waals surface area contributed by atoms with Crippen LogP contribution in [-0.2, 0) is 17.8 Å². The van der Waals surface area contributed by atoms with Crippen molar-refractivity contribution >= 4 is 5.91 Å². The normalized spacial score (nSPS) is 26.8. The maximum absolute atomic E-state index is 12.7. The Balaban J connectivity index is 1.69. The summed E-state index contributed by atoms with van der Waals surface area (Å²) in [4.78, 5) is 14.8. The Labute approximate surface area is 121 Å². The van der Waals surface area contributed by atoms with Crippen molar-refractivity contribution in [1.82, 2.24) is 4.90 Å². The van der Waals surface area contributed by atoms with Crippen LogP contribution in [0.25, 0.3) is 0 Å². The minimum absolute atomic E-state index is 0.208. The van der Waals surface area contributed by atoms with E-state index in [4.69, 9.17) is 5.73 Å². The van der Waals surface area contributed by atoms with Crippen molar-refractivity contribution in [2.45, 2.75) is 51.1 Å². The lowest BCUT2D eigenvalue weighted by Crippen LogP contribution is -2.39. The molecular formula is C17H24N2O. The highest BCUT2D eigenvalue weighted by atomic mass is 16.2. The van der Waals surface area contributed by atoms with Crippen molar-refractivity contribution in [3.8, 4) is 0 Å². The fourth-order valence-electron chi connectivity index (χ4n) is 3.51. The first-order chi connectivity index (χ1) is 9.74. The quantitative estimate of drug-likeness (QED) is 0.853. The molecule has 0 unspecified atom stereocenters. The minimum Gasteiger partial charge on any atom is -0.338 e. The summed E-state index contributed by atoms with van der Waals surface area (Å²) in [5, 5.41) is 0. The molecule has 0 spiro atoms. The molecule has 1 aromatic carbocycles. The van der Waals surface area contributed by atoms with Crippen molar-refractivity contribution in [1.29, 1.82) is 0 Å². The van der Waals surface area contributed by atoms with Gasteiger partial charge in [-0.15, -0.1) is 0 Å². The summed E-state index contributed by atoms with van der Waals surface area (Å²) in [5.41, 5.74) is 8.67. The van der Waals surface area contributed by atoms with Crippen molar-refractivity contribution in [2.24, 2.45) is 11.7 Å². The number of hydrogen-bond acceptors (Lipinski definition) is 2. The van der Waals surface area contributed by atoms with Gasteiger partial charge in [-0.1, -0.05) is 24.3 Å². The Kier molecular flexibility index (Phi) is 4.06. The molecule has 2 N–H and O–H groups in total. The van der Waals surface area contributed by atoms with Crippen LogP contribution >= 0.6 is 0 Å². The van der Waals surface area contributed by atoms with E-state index in [-0.39, 0.29) is 5.92 Å². The first-order valence-electron chi connectivity index (χ1n) is 7.85. The van der Waals surface area contributed by atoms with E-state index in [1.165, 1.54) is 11.1 Å². The Hall–Kier alpha value is -1.35. The van der Waals surface area contributed by atoms with Crippen molar-refractivity contribution in [3.63, 3.8) is 0 Å². The average molecular weight is 272 g/mol. The number of carbonyl (C=O) groups is 1. The summed E-state index contributed by atoms with van der Waals surface area (Å²) in [6, 6.07) is 8.84. The zero-order chi connectivity index (χ0) is 13.9. The summed E-state index contributed by atoms with van der Waals surface area (Å²) in [6.45, 7) is 1.69. The minimum atomic E-state index is 0.208. The molecule has 1 aliphatic carbocycles. The van der Waals surface area contributed by atoms with Gasteiger partial charge in [0.25, 0.3) is 0 Å². The largest absolute Gasteiger partial charge is 0.338 e. The van der Waals surface area contributed by atoms with Crippen LogP contribution in [0.4, 0.5) is 0 Å². The molecule has 1 heterocycles. The van der Waals surface area contributed by atoms with Crippen molar-refractivity contribution in [2.75, 3.05) is 6.54 Å². The lowest BCUT2D eigenvalue weighted by Gasteiger charge is -2.30. The van der Waals surface area contributed by atoms with Gasteiger partial charge in [0.15, 0.2) is 0 Å². The number of aryl methyl sites for hydroxylation is 1. The van der Waals surface area contributed by atoms with Gasteiger partial charge in [-0.25, -0.2) is 0 Å². The highest BCUT2D eigenvalue weighted by Crippen LogP contribution is 2.27. The number of rotatable bonds is 1. The number of fused-ring (bicyclic) bond motifs is 1. The summed E-state index contributed by atoms with van der Waals surface area (Å²) >= 11 is 0. The molecule has 1 fully saturated rings. The first-order valence-corrected chi connectivity index (χ1v) is 7.85. The predicted molar refractivity (Wildman–Crippen MR) is 80.1 cm³/mol. The molecule has 2 aliphatic rings. The van der Waals surface area contributed by atoms with Crippen LogP contribution in [-0.4, -0.2) is 23.4 Å². The molecule has 108 valence electrons. The molecule has 3 heteroatoms. The Bertz CT molecular complexity index is 478. The maximum Gasteiger partial charge on any atom is 0.225 e. The standard InChI is InChI=1S/C17H24N2O/c18-16-9-7-14(8-10-16)17(20)19-11-3-6-13-4-1-2-5-15(13)12-19/h1-2,4-5,14,16H,3,6-12,18H2. The predicted octanol–water partition coefficient (Wildman–Crippen LogP) is 2.48. The zero-order valence-corrected chi connectivity index (χ0v) is 12.1. The van der Waals surface area contributed by atoms with E-state index < -0.39 is 0 Å². The van der Waals surface area contributed by atoms with Crippen LogP contribution in [0.2, 0.25) is 0 Å². The molecular weight excluding hydrogens is 248 g/mol. The summed E-state index contributed by atoms with van der Waals surface area (Å²) in [5.74, 6) is 0.564. The Morgan fingerprint density at radius 1 is 1.10 bits per heavy atom. The topological polar surface area (TPSA) is 46.3 Å². The van der Waals surface area contributed by atoms with Gasteiger partial charge in [-0.3, -0.25) is 4.79 Å². The number of amides is 1. The van der Waals surface area contributed by atoms with Crippen LogP contribution < -0.4 is 5.73 Å². The second kappa shape index (κ2) is 5.96. The van der Waals surface area contributed by atoms with E-state index in [0.717, 1.165) is 51.6 Å². The van der Waals surface area contributed by atoms with E-state index in [1.54, 1.807) is 0 Å². The van der Waals surface area contributed by atoms with Gasteiger partial charge in [-0.2, -0.15) is 0 Å². The summed E-state index contributed by atoms with van der Waals surface area (Å²) in [6.07, 6.45) is 6.11. The summed E-state index contributed by atoms with van der Waals surface area (Å²) < 4.78 is 0. The van der Waals surface area contributed by atoms with E-state index in [0.29, 0.717) is 11.9 Å². The second-order valence-electron chi connectivity index (χ2n) is 6.24. The lowest BCUT2D eigenvalue weighted by atomic mass is 9.85.